The maximum absolute atomic E-state index is 11.8. The van der Waals surface area contributed by atoms with Crippen LogP contribution in [0.5, 0.6) is 0 Å². The lowest BCUT2D eigenvalue weighted by atomic mass is 10.2. The molecule has 1 aliphatic heterocycles. The Kier molecular flexibility index (Phi) is 6.28. The van der Waals surface area contributed by atoms with E-state index in [0.717, 1.165) is 31.9 Å². The van der Waals surface area contributed by atoms with Gasteiger partial charge in [-0.2, -0.15) is 4.31 Å². The zero-order valence-electron chi connectivity index (χ0n) is 15.1. The van der Waals surface area contributed by atoms with E-state index in [1.807, 2.05) is 33.3 Å². The van der Waals surface area contributed by atoms with Gasteiger partial charge < -0.3 is 14.8 Å². The molecule has 1 atom stereocenters. The number of hydrogen-bond acceptors (Lipinski definition) is 3. The summed E-state index contributed by atoms with van der Waals surface area (Å²) in [5.74, 6) is 0.805. The molecule has 136 valence electrons. The van der Waals surface area contributed by atoms with E-state index in [9.17, 15) is 8.42 Å². The van der Waals surface area contributed by atoms with E-state index in [2.05, 4.69) is 25.8 Å². The van der Waals surface area contributed by atoms with Crippen LogP contribution in [0.3, 0.4) is 0 Å². The largest absolute Gasteiger partial charge is 0.357 e. The molecule has 2 rings (SSSR count). The zero-order chi connectivity index (χ0) is 17.7. The van der Waals surface area contributed by atoms with Crippen LogP contribution < -0.4 is 5.32 Å². The standard InChI is InChI=1S/C16H29N5O2S/c1-5-17-16(20(3)13-15-9-6-10-19(15)2)18-12-14-8-7-11-21(14)24(4,22)23/h6,9-10,14H,5,7-8,11-13H2,1-4H3,(H,17,18)/t14-/m1/s1. The molecule has 24 heavy (non-hydrogen) atoms. The van der Waals surface area contributed by atoms with E-state index in [1.165, 1.54) is 11.9 Å². The normalized spacial score (nSPS) is 19.7. The van der Waals surface area contributed by atoms with Gasteiger partial charge in [-0.1, -0.05) is 0 Å². The fourth-order valence-corrected chi connectivity index (χ4v) is 4.24. The van der Waals surface area contributed by atoms with Crippen molar-refractivity contribution in [2.45, 2.75) is 32.4 Å². The summed E-state index contributed by atoms with van der Waals surface area (Å²) in [7, 11) is 0.869. The van der Waals surface area contributed by atoms with E-state index >= 15 is 0 Å². The molecule has 1 aromatic rings. The maximum atomic E-state index is 11.8. The number of hydrogen-bond donors (Lipinski definition) is 1. The molecule has 1 fully saturated rings. The van der Waals surface area contributed by atoms with Crippen LogP contribution in [-0.2, 0) is 23.6 Å². The van der Waals surface area contributed by atoms with Gasteiger partial charge in [-0.25, -0.2) is 8.42 Å². The molecule has 0 aromatic carbocycles. The van der Waals surface area contributed by atoms with E-state index in [0.29, 0.717) is 13.1 Å². The molecule has 2 heterocycles. The summed E-state index contributed by atoms with van der Waals surface area (Å²) in [6.45, 7) is 4.65. The number of guanidine groups is 1. The van der Waals surface area contributed by atoms with Gasteiger partial charge in [0.25, 0.3) is 0 Å². The Morgan fingerprint density at radius 1 is 1.50 bits per heavy atom. The van der Waals surface area contributed by atoms with Gasteiger partial charge >= 0.3 is 0 Å². The highest BCUT2D eigenvalue weighted by Gasteiger charge is 2.31. The van der Waals surface area contributed by atoms with Gasteiger partial charge in [-0.05, 0) is 31.9 Å². The van der Waals surface area contributed by atoms with Crippen molar-refractivity contribution in [3.8, 4) is 0 Å². The van der Waals surface area contributed by atoms with E-state index in [1.54, 1.807) is 4.31 Å². The van der Waals surface area contributed by atoms with Gasteiger partial charge in [0.15, 0.2) is 5.96 Å². The highest BCUT2D eigenvalue weighted by atomic mass is 32.2. The average molecular weight is 356 g/mol. The van der Waals surface area contributed by atoms with Crippen molar-refractivity contribution in [3.63, 3.8) is 0 Å². The molecule has 0 spiro atoms. The molecule has 1 aromatic heterocycles. The third-order valence-corrected chi connectivity index (χ3v) is 5.68. The second-order valence-electron chi connectivity index (χ2n) is 6.33. The number of rotatable bonds is 6. The number of aromatic nitrogens is 1. The van der Waals surface area contributed by atoms with Crippen LogP contribution in [-0.4, -0.2) is 67.1 Å². The van der Waals surface area contributed by atoms with Crippen molar-refractivity contribution in [2.24, 2.45) is 12.0 Å². The maximum Gasteiger partial charge on any atom is 0.211 e. The predicted octanol–water partition coefficient (Wildman–Crippen LogP) is 0.846. The Labute approximate surface area is 145 Å². The molecule has 0 radical (unpaired) electrons. The molecule has 0 bridgehead atoms. The first-order chi connectivity index (χ1) is 11.3. The van der Waals surface area contributed by atoms with Gasteiger partial charge in [0.1, 0.15) is 0 Å². The summed E-state index contributed by atoms with van der Waals surface area (Å²) in [4.78, 5) is 6.75. The van der Waals surface area contributed by atoms with Crippen molar-refractivity contribution in [2.75, 3.05) is 32.9 Å². The Morgan fingerprint density at radius 2 is 2.25 bits per heavy atom. The zero-order valence-corrected chi connectivity index (χ0v) is 15.9. The van der Waals surface area contributed by atoms with Crippen molar-refractivity contribution < 1.29 is 8.42 Å². The van der Waals surface area contributed by atoms with E-state index < -0.39 is 10.0 Å². The first kappa shape index (κ1) is 18.8. The van der Waals surface area contributed by atoms with Gasteiger partial charge in [-0.15, -0.1) is 0 Å². The Balaban J connectivity index is 2.06. The smallest absolute Gasteiger partial charge is 0.211 e. The lowest BCUT2D eigenvalue weighted by Crippen LogP contribution is -2.41. The lowest BCUT2D eigenvalue weighted by molar-refractivity contribution is 0.393. The van der Waals surface area contributed by atoms with Crippen molar-refractivity contribution in [1.29, 1.82) is 0 Å². The Bertz CT molecular complexity index is 668. The van der Waals surface area contributed by atoms with E-state index in [4.69, 9.17) is 0 Å². The predicted molar refractivity (Wildman–Crippen MR) is 97.4 cm³/mol. The SMILES string of the molecule is CCNC(=NC[C@H]1CCCN1S(C)(=O)=O)N(C)Cc1cccn1C. The molecule has 1 saturated heterocycles. The minimum atomic E-state index is -3.15. The molecule has 0 saturated carbocycles. The second kappa shape index (κ2) is 8.02. The molecular formula is C16H29N5O2S. The number of nitrogens with one attached hydrogen (secondary N) is 1. The summed E-state index contributed by atoms with van der Waals surface area (Å²) in [6.07, 6.45) is 5.08. The van der Waals surface area contributed by atoms with Crippen molar-refractivity contribution in [1.82, 2.24) is 19.1 Å². The average Bonchev–Trinajstić information content (AvgIpc) is 3.12. The van der Waals surface area contributed by atoms with Crippen molar-refractivity contribution >= 4 is 16.0 Å². The Hall–Kier alpha value is -1.54. The highest BCUT2D eigenvalue weighted by Crippen LogP contribution is 2.20. The van der Waals surface area contributed by atoms with Crippen LogP contribution in [0.2, 0.25) is 0 Å². The molecule has 1 N–H and O–H groups in total. The van der Waals surface area contributed by atoms with Crippen LogP contribution in [0, 0.1) is 0 Å². The number of nitrogens with zero attached hydrogens (tertiary/aromatic N) is 4. The highest BCUT2D eigenvalue weighted by molar-refractivity contribution is 7.88. The number of sulfonamides is 1. The van der Waals surface area contributed by atoms with Gasteiger partial charge in [-0.3, -0.25) is 4.99 Å². The molecular weight excluding hydrogens is 326 g/mol. The Morgan fingerprint density at radius 3 is 2.83 bits per heavy atom. The fraction of sp³-hybridized carbons (Fsp3) is 0.688. The number of aryl methyl sites for hydroxylation is 1. The quantitative estimate of drug-likeness (QED) is 0.607. The summed E-state index contributed by atoms with van der Waals surface area (Å²) < 4.78 is 27.4. The summed E-state index contributed by atoms with van der Waals surface area (Å²) >= 11 is 0. The molecule has 7 nitrogen and oxygen atoms in total. The van der Waals surface area contributed by atoms with Crippen LogP contribution in [0.25, 0.3) is 0 Å². The van der Waals surface area contributed by atoms with Crippen LogP contribution in [0.15, 0.2) is 23.3 Å². The summed E-state index contributed by atoms with van der Waals surface area (Å²) in [6, 6.07) is 4.08. The lowest BCUT2D eigenvalue weighted by Gasteiger charge is -2.24. The minimum absolute atomic E-state index is 0.0305. The summed E-state index contributed by atoms with van der Waals surface area (Å²) in [5.41, 5.74) is 1.20. The molecule has 1 aliphatic rings. The first-order valence-corrected chi connectivity index (χ1v) is 10.2. The van der Waals surface area contributed by atoms with Gasteiger partial charge in [0.2, 0.25) is 10.0 Å². The third-order valence-electron chi connectivity index (χ3n) is 4.35. The van der Waals surface area contributed by atoms with Crippen LogP contribution in [0.4, 0.5) is 0 Å². The molecule has 0 amide bonds. The molecule has 0 aliphatic carbocycles. The van der Waals surface area contributed by atoms with Crippen LogP contribution in [0.1, 0.15) is 25.5 Å². The van der Waals surface area contributed by atoms with Gasteiger partial charge in [0.05, 0.1) is 19.3 Å². The third kappa shape index (κ3) is 4.73. The molecule has 8 heteroatoms. The van der Waals surface area contributed by atoms with Gasteiger partial charge in [0, 0.05) is 45.1 Å². The number of aliphatic imine (C=N–C) groups is 1. The molecule has 0 unspecified atom stereocenters. The topological polar surface area (TPSA) is 69.9 Å². The van der Waals surface area contributed by atoms with Crippen LogP contribution >= 0.6 is 0 Å². The fourth-order valence-electron chi connectivity index (χ4n) is 3.07. The second-order valence-corrected chi connectivity index (χ2v) is 8.27. The first-order valence-electron chi connectivity index (χ1n) is 8.39. The summed E-state index contributed by atoms with van der Waals surface area (Å²) in [5, 5.41) is 3.29. The monoisotopic (exact) mass is 355 g/mol. The minimum Gasteiger partial charge on any atom is -0.357 e. The van der Waals surface area contributed by atoms with Crippen molar-refractivity contribution in [3.05, 3.63) is 24.0 Å². The van der Waals surface area contributed by atoms with E-state index in [-0.39, 0.29) is 6.04 Å².